The minimum Gasteiger partial charge on any atom is -0.497 e. The van der Waals surface area contributed by atoms with Gasteiger partial charge < -0.3 is 15.2 Å². The number of methoxy groups -OCH3 is 2. The molecule has 2 N–H and O–H groups in total. The third-order valence-corrected chi connectivity index (χ3v) is 3.13. The Balaban J connectivity index is 3.04. The van der Waals surface area contributed by atoms with Crippen LogP contribution in [0, 0.1) is 17.0 Å². The quantitative estimate of drug-likeness (QED) is 0.845. The monoisotopic (exact) mass is 287 g/mol. The van der Waals surface area contributed by atoms with E-state index in [1.807, 2.05) is 0 Å². The van der Waals surface area contributed by atoms with Crippen molar-refractivity contribution in [1.29, 1.82) is 0 Å². The van der Waals surface area contributed by atoms with E-state index in [1.165, 1.54) is 14.2 Å². The molecule has 0 fully saturated rings. The van der Waals surface area contributed by atoms with Crippen LogP contribution in [0.25, 0.3) is 0 Å². The van der Waals surface area contributed by atoms with Gasteiger partial charge >= 0.3 is 5.97 Å². The Bertz CT molecular complexity index is 480. The summed E-state index contributed by atoms with van der Waals surface area (Å²) in [4.78, 5) is 11.6. The van der Waals surface area contributed by atoms with E-state index in [0.717, 1.165) is 12.1 Å². The predicted molar refractivity (Wildman–Crippen MR) is 70.3 cm³/mol. The number of carbonyl (C=O) groups excluding carboxylic acids is 1. The van der Waals surface area contributed by atoms with Crippen LogP contribution >= 0.6 is 0 Å². The fraction of sp³-hybridized carbons (Fsp3) is 0.500. The minimum absolute atomic E-state index is 0.0554. The molecule has 0 saturated heterocycles. The van der Waals surface area contributed by atoms with Crippen molar-refractivity contribution in [2.45, 2.75) is 26.3 Å². The molecule has 6 heteroatoms. The van der Waals surface area contributed by atoms with Crippen molar-refractivity contribution < 1.29 is 23.0 Å². The number of hydrogen-bond acceptors (Lipinski definition) is 4. The molecule has 0 aliphatic heterocycles. The zero-order valence-electron chi connectivity index (χ0n) is 12.0. The van der Waals surface area contributed by atoms with Gasteiger partial charge in [-0.15, -0.1) is 0 Å². The Morgan fingerprint density at radius 2 is 1.80 bits per heavy atom. The first-order chi connectivity index (χ1) is 9.22. The highest BCUT2D eigenvalue weighted by Crippen LogP contribution is 2.33. The SMILES string of the molecule is COC(=O)C(C)(C)CC(N)c1c(F)cc(OC)cc1F. The van der Waals surface area contributed by atoms with E-state index in [-0.39, 0.29) is 17.7 Å². The van der Waals surface area contributed by atoms with Crippen LogP contribution in [-0.4, -0.2) is 20.2 Å². The molecule has 1 aromatic rings. The lowest BCUT2D eigenvalue weighted by atomic mass is 9.83. The highest BCUT2D eigenvalue weighted by Gasteiger charge is 2.33. The maximum atomic E-state index is 13.9. The summed E-state index contributed by atoms with van der Waals surface area (Å²) in [6, 6.07) is 1.15. The lowest BCUT2D eigenvalue weighted by Crippen LogP contribution is -2.31. The average Bonchev–Trinajstić information content (AvgIpc) is 2.35. The van der Waals surface area contributed by atoms with Crippen LogP contribution in [0.4, 0.5) is 8.78 Å². The first-order valence-corrected chi connectivity index (χ1v) is 6.10. The van der Waals surface area contributed by atoms with Gasteiger partial charge in [-0.3, -0.25) is 4.79 Å². The highest BCUT2D eigenvalue weighted by atomic mass is 19.1. The second kappa shape index (κ2) is 6.17. The number of benzene rings is 1. The Hall–Kier alpha value is -1.69. The van der Waals surface area contributed by atoms with Gasteiger partial charge in [0.05, 0.1) is 19.6 Å². The zero-order valence-corrected chi connectivity index (χ0v) is 12.0. The second-order valence-electron chi connectivity index (χ2n) is 5.19. The van der Waals surface area contributed by atoms with E-state index in [2.05, 4.69) is 4.74 Å². The summed E-state index contributed by atoms with van der Waals surface area (Å²) in [5, 5.41) is 0. The fourth-order valence-corrected chi connectivity index (χ4v) is 2.04. The summed E-state index contributed by atoms with van der Waals surface area (Å²) >= 11 is 0. The summed E-state index contributed by atoms with van der Waals surface area (Å²) in [5.41, 5.74) is 4.64. The second-order valence-corrected chi connectivity index (χ2v) is 5.19. The van der Waals surface area contributed by atoms with E-state index in [1.54, 1.807) is 13.8 Å². The third-order valence-electron chi connectivity index (χ3n) is 3.13. The summed E-state index contributed by atoms with van der Waals surface area (Å²) in [6.07, 6.45) is 0.0554. The molecule has 0 spiro atoms. The Morgan fingerprint density at radius 3 is 2.20 bits per heavy atom. The number of halogens is 2. The van der Waals surface area contributed by atoms with E-state index >= 15 is 0 Å². The number of esters is 1. The van der Waals surface area contributed by atoms with Crippen LogP contribution in [0.15, 0.2) is 12.1 Å². The molecule has 20 heavy (non-hydrogen) atoms. The average molecular weight is 287 g/mol. The number of hydrogen-bond donors (Lipinski definition) is 1. The van der Waals surface area contributed by atoms with Crippen LogP contribution < -0.4 is 10.5 Å². The van der Waals surface area contributed by atoms with Crippen molar-refractivity contribution in [2.24, 2.45) is 11.1 Å². The van der Waals surface area contributed by atoms with Crippen molar-refractivity contribution in [3.63, 3.8) is 0 Å². The standard InChI is InChI=1S/C14H19F2NO3/c1-14(2,13(18)20-4)7-11(17)12-9(15)5-8(19-3)6-10(12)16/h5-6,11H,7,17H2,1-4H3. The Kier molecular flexibility index (Phi) is 5.05. The van der Waals surface area contributed by atoms with Crippen LogP contribution in [0.5, 0.6) is 5.75 Å². The summed E-state index contributed by atoms with van der Waals surface area (Å²) in [6.45, 7) is 3.22. The van der Waals surface area contributed by atoms with E-state index in [0.29, 0.717) is 0 Å². The van der Waals surface area contributed by atoms with Gasteiger partial charge in [-0.1, -0.05) is 0 Å². The van der Waals surface area contributed by atoms with Crippen molar-refractivity contribution in [3.05, 3.63) is 29.3 Å². The number of ether oxygens (including phenoxy) is 2. The Morgan fingerprint density at radius 1 is 1.30 bits per heavy atom. The maximum Gasteiger partial charge on any atom is 0.311 e. The lowest BCUT2D eigenvalue weighted by molar-refractivity contribution is -0.151. The summed E-state index contributed by atoms with van der Waals surface area (Å²) in [5.74, 6) is -2.00. The van der Waals surface area contributed by atoms with Gasteiger partial charge in [-0.05, 0) is 20.3 Å². The van der Waals surface area contributed by atoms with Gasteiger partial charge in [-0.2, -0.15) is 0 Å². The maximum absolute atomic E-state index is 13.9. The number of rotatable bonds is 5. The predicted octanol–water partition coefficient (Wildman–Crippen LogP) is 2.56. The molecule has 0 bridgehead atoms. The minimum atomic E-state index is -0.963. The summed E-state index contributed by atoms with van der Waals surface area (Å²) < 4.78 is 37.2. The number of carbonyl (C=O) groups is 1. The molecule has 0 aromatic heterocycles. The summed E-state index contributed by atoms with van der Waals surface area (Å²) in [7, 11) is 2.57. The molecule has 0 aliphatic rings. The zero-order chi connectivity index (χ0) is 15.5. The van der Waals surface area contributed by atoms with Gasteiger partial charge in [0.2, 0.25) is 0 Å². The molecular weight excluding hydrogens is 268 g/mol. The van der Waals surface area contributed by atoms with Gasteiger partial charge in [0.1, 0.15) is 17.4 Å². The third kappa shape index (κ3) is 3.45. The molecule has 1 atom stereocenters. The van der Waals surface area contributed by atoms with Crippen LogP contribution in [0.1, 0.15) is 31.9 Å². The van der Waals surface area contributed by atoms with Crippen molar-refractivity contribution >= 4 is 5.97 Å². The van der Waals surface area contributed by atoms with Gasteiger partial charge in [0.15, 0.2) is 0 Å². The highest BCUT2D eigenvalue weighted by molar-refractivity contribution is 5.75. The van der Waals surface area contributed by atoms with E-state index in [9.17, 15) is 13.6 Å². The normalized spacial score (nSPS) is 12.9. The van der Waals surface area contributed by atoms with E-state index in [4.69, 9.17) is 10.5 Å². The molecule has 0 aliphatic carbocycles. The van der Waals surface area contributed by atoms with E-state index < -0.39 is 29.1 Å². The topological polar surface area (TPSA) is 61.5 Å². The Labute approximate surface area is 116 Å². The van der Waals surface area contributed by atoms with Gasteiger partial charge in [0.25, 0.3) is 0 Å². The van der Waals surface area contributed by atoms with Crippen molar-refractivity contribution in [3.8, 4) is 5.75 Å². The molecule has 0 saturated carbocycles. The van der Waals surface area contributed by atoms with Crippen molar-refractivity contribution in [2.75, 3.05) is 14.2 Å². The van der Waals surface area contributed by atoms with Crippen LogP contribution in [-0.2, 0) is 9.53 Å². The first-order valence-electron chi connectivity index (χ1n) is 6.10. The molecule has 0 amide bonds. The van der Waals surface area contributed by atoms with Gasteiger partial charge in [-0.25, -0.2) is 8.78 Å². The smallest absolute Gasteiger partial charge is 0.311 e. The molecule has 0 heterocycles. The van der Waals surface area contributed by atoms with Crippen LogP contribution in [0.2, 0.25) is 0 Å². The molecule has 1 rings (SSSR count). The molecule has 0 radical (unpaired) electrons. The molecule has 1 aromatic carbocycles. The molecule has 4 nitrogen and oxygen atoms in total. The lowest BCUT2D eigenvalue weighted by Gasteiger charge is -2.25. The van der Waals surface area contributed by atoms with Crippen molar-refractivity contribution in [1.82, 2.24) is 0 Å². The number of nitrogens with two attached hydrogens (primary N) is 1. The van der Waals surface area contributed by atoms with Gasteiger partial charge in [0, 0.05) is 23.7 Å². The van der Waals surface area contributed by atoms with Crippen LogP contribution in [0.3, 0.4) is 0 Å². The molecule has 112 valence electrons. The first kappa shape index (κ1) is 16.4. The largest absolute Gasteiger partial charge is 0.497 e. The molecular formula is C14H19F2NO3. The fourth-order valence-electron chi connectivity index (χ4n) is 2.04. The molecule has 1 unspecified atom stereocenters.